The van der Waals surface area contributed by atoms with Crippen molar-refractivity contribution in [3.05, 3.63) is 59.2 Å². The molecule has 0 unspecified atom stereocenters. The lowest BCUT2D eigenvalue weighted by atomic mass is 10.1. The van der Waals surface area contributed by atoms with E-state index in [0.29, 0.717) is 12.3 Å². The van der Waals surface area contributed by atoms with Crippen LogP contribution in [0.2, 0.25) is 0 Å². The van der Waals surface area contributed by atoms with Crippen molar-refractivity contribution < 1.29 is 9.47 Å². The largest absolute Gasteiger partial charge is 0.487 e. The van der Waals surface area contributed by atoms with Gasteiger partial charge >= 0.3 is 0 Å². The van der Waals surface area contributed by atoms with E-state index in [1.807, 2.05) is 12.1 Å². The molecule has 0 radical (unpaired) electrons. The maximum absolute atomic E-state index is 6.12. The van der Waals surface area contributed by atoms with Gasteiger partial charge in [0.25, 0.3) is 0 Å². The second-order valence-electron chi connectivity index (χ2n) is 5.99. The van der Waals surface area contributed by atoms with Gasteiger partial charge in [0, 0.05) is 13.7 Å². The summed E-state index contributed by atoms with van der Waals surface area (Å²) >= 11 is 0. The molecule has 4 heteroatoms. The van der Waals surface area contributed by atoms with Crippen molar-refractivity contribution in [3.8, 4) is 5.75 Å². The van der Waals surface area contributed by atoms with Crippen LogP contribution in [0.1, 0.15) is 23.1 Å². The van der Waals surface area contributed by atoms with Crippen molar-refractivity contribution in [2.45, 2.75) is 26.4 Å². The van der Waals surface area contributed by atoms with Gasteiger partial charge < -0.3 is 20.5 Å². The highest BCUT2D eigenvalue weighted by Gasteiger charge is 2.03. The van der Waals surface area contributed by atoms with Gasteiger partial charge in [0.05, 0.1) is 12.3 Å². The number of anilines is 1. The quantitative estimate of drug-likeness (QED) is 0.519. The van der Waals surface area contributed by atoms with Gasteiger partial charge in [-0.05, 0) is 49.6 Å². The highest BCUT2D eigenvalue weighted by Crippen LogP contribution is 2.24. The first kappa shape index (κ1) is 18.3. The van der Waals surface area contributed by atoms with E-state index in [4.69, 9.17) is 15.2 Å². The lowest BCUT2D eigenvalue weighted by molar-refractivity contribution is 0.199. The summed E-state index contributed by atoms with van der Waals surface area (Å²) in [6.45, 7) is 5.24. The van der Waals surface area contributed by atoms with Gasteiger partial charge in [-0.3, -0.25) is 0 Å². The van der Waals surface area contributed by atoms with Crippen LogP contribution in [0.3, 0.4) is 0 Å². The Morgan fingerprint density at radius 3 is 2.46 bits per heavy atom. The van der Waals surface area contributed by atoms with Crippen molar-refractivity contribution in [1.82, 2.24) is 5.32 Å². The summed E-state index contributed by atoms with van der Waals surface area (Å²) in [4.78, 5) is 0. The second kappa shape index (κ2) is 9.96. The van der Waals surface area contributed by atoms with Crippen LogP contribution in [0.15, 0.2) is 42.5 Å². The van der Waals surface area contributed by atoms with Crippen LogP contribution in [0.4, 0.5) is 5.69 Å². The van der Waals surface area contributed by atoms with E-state index in [1.54, 1.807) is 7.11 Å². The number of benzene rings is 2. The first-order valence-corrected chi connectivity index (χ1v) is 8.45. The Morgan fingerprint density at radius 2 is 1.75 bits per heavy atom. The zero-order valence-electron chi connectivity index (χ0n) is 14.7. The van der Waals surface area contributed by atoms with Crippen molar-refractivity contribution in [2.24, 2.45) is 0 Å². The molecule has 0 fully saturated rings. The van der Waals surface area contributed by atoms with Crippen molar-refractivity contribution in [2.75, 3.05) is 32.5 Å². The van der Waals surface area contributed by atoms with E-state index in [9.17, 15) is 0 Å². The van der Waals surface area contributed by atoms with E-state index >= 15 is 0 Å². The van der Waals surface area contributed by atoms with Crippen molar-refractivity contribution in [1.29, 1.82) is 0 Å². The summed E-state index contributed by atoms with van der Waals surface area (Å²) in [5, 5.41) is 3.34. The molecule has 0 aliphatic carbocycles. The fourth-order valence-corrected chi connectivity index (χ4v) is 2.45. The third kappa shape index (κ3) is 6.22. The fourth-order valence-electron chi connectivity index (χ4n) is 2.45. The van der Waals surface area contributed by atoms with Gasteiger partial charge in [-0.15, -0.1) is 0 Å². The summed E-state index contributed by atoms with van der Waals surface area (Å²) in [5.74, 6) is 0.748. The van der Waals surface area contributed by atoms with Crippen molar-refractivity contribution in [3.63, 3.8) is 0 Å². The minimum atomic E-state index is 0.535. The molecule has 0 saturated heterocycles. The maximum atomic E-state index is 6.12. The summed E-state index contributed by atoms with van der Waals surface area (Å²) in [6, 6.07) is 14.4. The SMILES string of the molecule is COCCNCCCc1ccc(OCc2ccc(C)cc2)c(N)c1. The first-order chi connectivity index (χ1) is 11.7. The number of hydrogen-bond acceptors (Lipinski definition) is 4. The lowest BCUT2D eigenvalue weighted by Crippen LogP contribution is -2.20. The van der Waals surface area contributed by atoms with Crippen LogP contribution in [-0.2, 0) is 17.8 Å². The van der Waals surface area contributed by atoms with E-state index in [0.717, 1.165) is 43.9 Å². The average Bonchev–Trinajstić information content (AvgIpc) is 2.59. The fraction of sp³-hybridized carbons (Fsp3) is 0.400. The standard InChI is InChI=1S/C20H28N2O2/c1-16-5-7-18(8-6-16)15-24-20-10-9-17(14-19(20)21)4-3-11-22-12-13-23-2/h5-10,14,22H,3-4,11-13,15,21H2,1-2H3. The Morgan fingerprint density at radius 1 is 1.00 bits per heavy atom. The zero-order chi connectivity index (χ0) is 17.2. The number of hydrogen-bond donors (Lipinski definition) is 2. The van der Waals surface area contributed by atoms with E-state index in [-0.39, 0.29) is 0 Å². The molecule has 0 atom stereocenters. The van der Waals surface area contributed by atoms with Crippen LogP contribution < -0.4 is 15.8 Å². The molecule has 0 bridgehead atoms. The van der Waals surface area contributed by atoms with Gasteiger partial charge in [-0.2, -0.15) is 0 Å². The van der Waals surface area contributed by atoms with E-state index in [2.05, 4.69) is 42.6 Å². The predicted octanol–water partition coefficient (Wildman–Crippen LogP) is 3.32. The van der Waals surface area contributed by atoms with Gasteiger partial charge in [-0.25, -0.2) is 0 Å². The number of rotatable bonds is 10. The minimum absolute atomic E-state index is 0.535. The van der Waals surface area contributed by atoms with Crippen LogP contribution in [0, 0.1) is 6.92 Å². The molecule has 130 valence electrons. The predicted molar refractivity (Wildman–Crippen MR) is 99.4 cm³/mol. The molecule has 0 aliphatic rings. The Balaban J connectivity index is 1.77. The molecule has 2 rings (SSSR count). The molecule has 4 nitrogen and oxygen atoms in total. The number of nitrogens with one attached hydrogen (secondary N) is 1. The van der Waals surface area contributed by atoms with E-state index in [1.165, 1.54) is 11.1 Å². The molecule has 0 heterocycles. The summed E-state index contributed by atoms with van der Waals surface area (Å²) < 4.78 is 10.8. The number of methoxy groups -OCH3 is 1. The summed E-state index contributed by atoms with van der Waals surface area (Å²) in [6.07, 6.45) is 2.08. The molecular formula is C20H28N2O2. The van der Waals surface area contributed by atoms with E-state index < -0.39 is 0 Å². The Kier molecular flexibility index (Phi) is 7.59. The first-order valence-electron chi connectivity index (χ1n) is 8.45. The summed E-state index contributed by atoms with van der Waals surface area (Å²) in [7, 11) is 1.72. The number of nitrogen functional groups attached to an aromatic ring is 1. The number of nitrogens with two attached hydrogens (primary N) is 1. The lowest BCUT2D eigenvalue weighted by Gasteiger charge is -2.11. The van der Waals surface area contributed by atoms with Gasteiger partial charge in [-0.1, -0.05) is 35.9 Å². The number of ether oxygens (including phenoxy) is 2. The molecule has 2 aromatic carbocycles. The molecule has 24 heavy (non-hydrogen) atoms. The van der Waals surface area contributed by atoms with Gasteiger partial charge in [0.1, 0.15) is 12.4 Å². The third-order valence-electron chi connectivity index (χ3n) is 3.89. The molecule has 0 spiro atoms. The normalized spacial score (nSPS) is 10.8. The highest BCUT2D eigenvalue weighted by atomic mass is 16.5. The molecule has 0 aromatic heterocycles. The molecule has 0 saturated carbocycles. The Hall–Kier alpha value is -2.04. The van der Waals surface area contributed by atoms with Crippen LogP contribution in [0.5, 0.6) is 5.75 Å². The van der Waals surface area contributed by atoms with Crippen LogP contribution >= 0.6 is 0 Å². The topological polar surface area (TPSA) is 56.5 Å². The molecule has 0 aliphatic heterocycles. The number of aryl methyl sites for hydroxylation is 2. The monoisotopic (exact) mass is 328 g/mol. The van der Waals surface area contributed by atoms with Gasteiger partial charge in [0.15, 0.2) is 0 Å². The zero-order valence-corrected chi connectivity index (χ0v) is 14.7. The molecular weight excluding hydrogens is 300 g/mol. The Labute approximate surface area is 145 Å². The smallest absolute Gasteiger partial charge is 0.142 e. The molecule has 2 aromatic rings. The third-order valence-corrected chi connectivity index (χ3v) is 3.89. The summed E-state index contributed by atoms with van der Waals surface area (Å²) in [5.41, 5.74) is 10.5. The maximum Gasteiger partial charge on any atom is 0.142 e. The van der Waals surface area contributed by atoms with Crippen molar-refractivity contribution >= 4 is 5.69 Å². The second-order valence-corrected chi connectivity index (χ2v) is 5.99. The van der Waals surface area contributed by atoms with Crippen LogP contribution in [-0.4, -0.2) is 26.8 Å². The van der Waals surface area contributed by atoms with Gasteiger partial charge in [0.2, 0.25) is 0 Å². The molecule has 0 amide bonds. The Bertz CT molecular complexity index is 612. The average molecular weight is 328 g/mol. The van der Waals surface area contributed by atoms with Crippen LogP contribution in [0.25, 0.3) is 0 Å². The highest BCUT2D eigenvalue weighted by molar-refractivity contribution is 5.54. The minimum Gasteiger partial charge on any atom is -0.487 e. The molecule has 3 N–H and O–H groups in total.